The second kappa shape index (κ2) is 6.37. The molecule has 0 spiro atoms. The maximum atomic E-state index is 11.5. The Labute approximate surface area is 120 Å². The van der Waals surface area contributed by atoms with Gasteiger partial charge in [0.2, 0.25) is 0 Å². The van der Waals surface area contributed by atoms with Gasteiger partial charge in [0.25, 0.3) is 0 Å². The van der Waals surface area contributed by atoms with E-state index >= 15 is 0 Å². The van der Waals surface area contributed by atoms with Gasteiger partial charge in [-0.3, -0.25) is 9.69 Å². The highest BCUT2D eigenvalue weighted by molar-refractivity contribution is 5.79. The van der Waals surface area contributed by atoms with E-state index in [1.165, 1.54) is 18.2 Å². The Kier molecular flexibility index (Phi) is 4.78. The summed E-state index contributed by atoms with van der Waals surface area (Å²) in [5.74, 6) is -0.328. The molecule has 1 unspecified atom stereocenters. The van der Waals surface area contributed by atoms with Gasteiger partial charge in [-0.1, -0.05) is 24.3 Å². The van der Waals surface area contributed by atoms with Crippen LogP contribution in [0, 0.1) is 0 Å². The molecule has 0 saturated carbocycles. The van der Waals surface area contributed by atoms with Crippen molar-refractivity contribution < 1.29 is 9.53 Å². The zero-order chi connectivity index (χ0) is 14.6. The summed E-state index contributed by atoms with van der Waals surface area (Å²) in [5, 5.41) is 0. The Morgan fingerprint density at radius 3 is 2.45 bits per heavy atom. The number of hydrogen-bond donors (Lipinski definition) is 1. The number of hydrogen-bond acceptors (Lipinski definition) is 4. The molecule has 0 aliphatic carbocycles. The second-order valence-corrected chi connectivity index (χ2v) is 5.85. The monoisotopic (exact) mass is 276 g/mol. The summed E-state index contributed by atoms with van der Waals surface area (Å²) in [6, 6.07) is 8.59. The van der Waals surface area contributed by atoms with E-state index in [4.69, 9.17) is 10.5 Å². The smallest absolute Gasteiger partial charge is 0.325 e. The van der Waals surface area contributed by atoms with Gasteiger partial charge >= 0.3 is 5.97 Å². The number of rotatable bonds is 6. The molecule has 2 N–H and O–H groups in total. The predicted molar refractivity (Wildman–Crippen MR) is 79.0 cm³/mol. The zero-order valence-electron chi connectivity index (χ0n) is 12.4. The molecule has 0 radical (unpaired) electrons. The third-order valence-electron chi connectivity index (χ3n) is 3.98. The van der Waals surface area contributed by atoms with E-state index < -0.39 is 5.54 Å². The molecule has 20 heavy (non-hydrogen) atoms. The topological polar surface area (TPSA) is 55.6 Å². The van der Waals surface area contributed by atoms with E-state index in [0.717, 1.165) is 32.5 Å². The van der Waals surface area contributed by atoms with Crippen LogP contribution in [0.15, 0.2) is 24.3 Å². The van der Waals surface area contributed by atoms with Crippen LogP contribution >= 0.6 is 0 Å². The van der Waals surface area contributed by atoms with Gasteiger partial charge in [-0.25, -0.2) is 0 Å². The number of nitrogens with two attached hydrogens (primary N) is 1. The van der Waals surface area contributed by atoms with E-state index in [1.807, 2.05) is 0 Å². The molecule has 1 aromatic carbocycles. The Morgan fingerprint density at radius 2 is 1.90 bits per heavy atom. The largest absolute Gasteiger partial charge is 0.468 e. The molecule has 0 saturated heterocycles. The number of methoxy groups -OCH3 is 1. The zero-order valence-corrected chi connectivity index (χ0v) is 12.4. The molecule has 4 heteroatoms. The first kappa shape index (κ1) is 15.0. The fraction of sp³-hybridized carbons (Fsp3) is 0.562. The van der Waals surface area contributed by atoms with Crippen molar-refractivity contribution in [3.05, 3.63) is 35.4 Å². The number of benzene rings is 1. The van der Waals surface area contributed by atoms with Crippen LogP contribution in [-0.2, 0) is 22.6 Å². The Hall–Kier alpha value is -1.39. The lowest BCUT2D eigenvalue weighted by Crippen LogP contribution is -2.45. The molecule has 2 rings (SSSR count). The molecule has 110 valence electrons. The minimum Gasteiger partial charge on any atom is -0.468 e. The number of nitrogens with zero attached hydrogens (tertiary/aromatic N) is 1. The van der Waals surface area contributed by atoms with Crippen molar-refractivity contribution in [3.8, 4) is 0 Å². The Morgan fingerprint density at radius 1 is 1.30 bits per heavy atom. The number of ether oxygens (including phenoxy) is 1. The molecular formula is C16H24N2O2. The average Bonchev–Trinajstić information content (AvgIpc) is 2.85. The lowest BCUT2D eigenvalue weighted by molar-refractivity contribution is -0.146. The summed E-state index contributed by atoms with van der Waals surface area (Å²) >= 11 is 0. The third kappa shape index (κ3) is 3.58. The average molecular weight is 276 g/mol. The Balaban J connectivity index is 1.70. The van der Waals surface area contributed by atoms with E-state index in [1.54, 1.807) is 6.92 Å². The molecule has 1 aliphatic rings. The highest BCUT2D eigenvalue weighted by Gasteiger charge is 2.28. The van der Waals surface area contributed by atoms with Crippen molar-refractivity contribution in [2.24, 2.45) is 5.73 Å². The number of carbonyl (C=O) groups excluding carboxylic acids is 1. The van der Waals surface area contributed by atoms with Crippen LogP contribution < -0.4 is 5.73 Å². The minimum atomic E-state index is -0.858. The standard InChI is InChI=1S/C16H24N2O2/c1-16(17,15(19)20-2)9-5-6-10-18-11-13-7-3-4-8-14(13)12-18/h3-4,7-8H,5-6,9-12,17H2,1-2H3. The molecule has 4 nitrogen and oxygen atoms in total. The van der Waals surface area contributed by atoms with Gasteiger partial charge in [-0.05, 0) is 43.9 Å². The highest BCUT2D eigenvalue weighted by atomic mass is 16.5. The van der Waals surface area contributed by atoms with Crippen molar-refractivity contribution >= 4 is 5.97 Å². The van der Waals surface area contributed by atoms with Gasteiger partial charge in [0.1, 0.15) is 5.54 Å². The van der Waals surface area contributed by atoms with Gasteiger partial charge in [-0.2, -0.15) is 0 Å². The number of fused-ring (bicyclic) bond motifs is 1. The van der Waals surface area contributed by atoms with Crippen LogP contribution in [0.25, 0.3) is 0 Å². The molecular weight excluding hydrogens is 252 g/mol. The molecule has 1 aromatic rings. The van der Waals surface area contributed by atoms with Crippen molar-refractivity contribution in [2.75, 3.05) is 13.7 Å². The van der Waals surface area contributed by atoms with Gasteiger partial charge in [-0.15, -0.1) is 0 Å². The summed E-state index contributed by atoms with van der Waals surface area (Å²) in [5.41, 5.74) is 7.96. The van der Waals surface area contributed by atoms with E-state index in [2.05, 4.69) is 29.2 Å². The second-order valence-electron chi connectivity index (χ2n) is 5.85. The summed E-state index contributed by atoms with van der Waals surface area (Å²) in [7, 11) is 1.38. The number of carbonyl (C=O) groups is 1. The minimum absolute atomic E-state index is 0.328. The van der Waals surface area contributed by atoms with Crippen LogP contribution in [0.1, 0.15) is 37.3 Å². The number of esters is 1. The van der Waals surface area contributed by atoms with Crippen LogP contribution in [0.3, 0.4) is 0 Å². The van der Waals surface area contributed by atoms with Crippen LogP contribution in [0.2, 0.25) is 0 Å². The maximum absolute atomic E-state index is 11.5. The van der Waals surface area contributed by atoms with Crippen molar-refractivity contribution in [3.63, 3.8) is 0 Å². The van der Waals surface area contributed by atoms with Crippen LogP contribution in [0.4, 0.5) is 0 Å². The van der Waals surface area contributed by atoms with Crippen LogP contribution in [-0.4, -0.2) is 30.1 Å². The first-order valence-corrected chi connectivity index (χ1v) is 7.19. The first-order valence-electron chi connectivity index (χ1n) is 7.19. The summed E-state index contributed by atoms with van der Waals surface area (Å²) in [4.78, 5) is 13.9. The molecule has 1 aliphatic heterocycles. The molecule has 1 atom stereocenters. The fourth-order valence-electron chi connectivity index (χ4n) is 2.72. The summed E-state index contributed by atoms with van der Waals surface area (Å²) < 4.78 is 4.71. The fourth-order valence-corrected chi connectivity index (χ4v) is 2.72. The molecule has 0 bridgehead atoms. The van der Waals surface area contributed by atoms with E-state index in [-0.39, 0.29) is 5.97 Å². The quantitative estimate of drug-likeness (QED) is 0.638. The van der Waals surface area contributed by atoms with Gasteiger partial charge < -0.3 is 10.5 Å². The highest BCUT2D eigenvalue weighted by Crippen LogP contribution is 2.22. The lowest BCUT2D eigenvalue weighted by atomic mass is 9.96. The molecule has 0 fully saturated rings. The number of unbranched alkanes of at least 4 members (excludes halogenated alkanes) is 1. The molecule has 0 aromatic heterocycles. The van der Waals surface area contributed by atoms with Gasteiger partial charge in [0, 0.05) is 13.1 Å². The normalized spacial score (nSPS) is 17.6. The third-order valence-corrected chi connectivity index (χ3v) is 3.98. The first-order chi connectivity index (χ1) is 9.53. The van der Waals surface area contributed by atoms with Crippen molar-refractivity contribution in [1.29, 1.82) is 0 Å². The SMILES string of the molecule is COC(=O)C(C)(N)CCCCN1Cc2ccccc2C1. The van der Waals surface area contributed by atoms with Crippen LogP contribution in [0.5, 0.6) is 0 Å². The van der Waals surface area contributed by atoms with Gasteiger partial charge in [0.05, 0.1) is 7.11 Å². The van der Waals surface area contributed by atoms with Gasteiger partial charge in [0.15, 0.2) is 0 Å². The lowest BCUT2D eigenvalue weighted by Gasteiger charge is -2.22. The summed E-state index contributed by atoms with van der Waals surface area (Å²) in [6.45, 7) is 4.86. The Bertz CT molecular complexity index is 446. The molecule has 0 amide bonds. The summed E-state index contributed by atoms with van der Waals surface area (Å²) in [6.07, 6.45) is 2.66. The molecule has 1 heterocycles. The van der Waals surface area contributed by atoms with Crippen molar-refractivity contribution in [2.45, 2.75) is 44.8 Å². The predicted octanol–water partition coefficient (Wildman–Crippen LogP) is 2.06. The maximum Gasteiger partial charge on any atom is 0.325 e. The van der Waals surface area contributed by atoms with E-state index in [0.29, 0.717) is 6.42 Å². The van der Waals surface area contributed by atoms with Crippen molar-refractivity contribution in [1.82, 2.24) is 4.90 Å². The van der Waals surface area contributed by atoms with E-state index in [9.17, 15) is 4.79 Å².